The Morgan fingerprint density at radius 2 is 1.28 bits per heavy atom. The molecule has 3 fully saturated rings. The van der Waals surface area contributed by atoms with Crippen LogP contribution in [0.3, 0.4) is 0 Å². The van der Waals surface area contributed by atoms with Crippen molar-refractivity contribution in [1.82, 2.24) is 10.6 Å². The molecule has 3 saturated carbocycles. The van der Waals surface area contributed by atoms with Crippen LogP contribution in [0.25, 0.3) is 0 Å². The number of amides is 2. The first kappa shape index (κ1) is 47.8. The van der Waals surface area contributed by atoms with Crippen molar-refractivity contribution in [2.75, 3.05) is 0 Å². The number of hydrogen-bond donors (Lipinski definition) is 3. The van der Waals surface area contributed by atoms with Gasteiger partial charge in [-0.1, -0.05) is 52.3 Å². The van der Waals surface area contributed by atoms with Crippen LogP contribution in [-0.2, 0) is 43.0 Å². The first-order valence-electron chi connectivity index (χ1n) is 22.0. The van der Waals surface area contributed by atoms with Crippen molar-refractivity contribution >= 4 is 35.5 Å². The SMILES string of the molecule is CC1=C(O)C(=O)C=C2C1=CC=C1[C@@]2(C)CC[C@@]2(C)[C@@H]3C[C@](C)(C(=O)NC(CC(=O)OC(C)(C)C)C(=O)NC(CC(=O)OC(C)(C)C)C(=O)OC(C)(C)C)CC[C@]3(C)CC[C@]12C. The Bertz CT molecular complexity index is 2000. The van der Waals surface area contributed by atoms with Gasteiger partial charge in [-0.05, 0) is 154 Å². The largest absolute Gasteiger partial charge is 0.504 e. The molecule has 3 N–H and O–H groups in total. The smallest absolute Gasteiger partial charge is 0.329 e. The Morgan fingerprint density at radius 3 is 1.84 bits per heavy atom. The van der Waals surface area contributed by atoms with Crippen molar-refractivity contribution < 1.29 is 48.1 Å². The minimum atomic E-state index is -1.46. The first-order chi connectivity index (χ1) is 27.7. The van der Waals surface area contributed by atoms with Gasteiger partial charge in [-0.2, -0.15) is 0 Å². The minimum absolute atomic E-state index is 0.0567. The molecule has 5 rings (SSSR count). The highest BCUT2D eigenvalue weighted by molar-refractivity contribution is 6.06. The number of nitrogens with one attached hydrogen (secondary N) is 2. The molecular weight excluding hydrogens is 777 g/mol. The normalized spacial score (nSPS) is 32.2. The monoisotopic (exact) mass is 849 g/mol. The van der Waals surface area contributed by atoms with Gasteiger partial charge in [0.05, 0.1) is 12.8 Å². The lowest BCUT2D eigenvalue weighted by Gasteiger charge is -2.70. The number of allylic oxidation sites excluding steroid dienone is 7. The lowest BCUT2D eigenvalue weighted by atomic mass is 9.34. The third-order valence-corrected chi connectivity index (χ3v) is 14.6. The van der Waals surface area contributed by atoms with Gasteiger partial charge in [-0.3, -0.25) is 24.0 Å². The summed E-state index contributed by atoms with van der Waals surface area (Å²) in [6.07, 6.45) is 10.3. The molecular formula is C49H72N2O10. The van der Waals surface area contributed by atoms with Crippen molar-refractivity contribution in [1.29, 1.82) is 0 Å². The van der Waals surface area contributed by atoms with E-state index in [4.69, 9.17) is 14.2 Å². The predicted octanol–water partition coefficient (Wildman–Crippen LogP) is 8.39. The topological polar surface area (TPSA) is 174 Å². The van der Waals surface area contributed by atoms with E-state index in [1.165, 1.54) is 5.57 Å². The minimum Gasteiger partial charge on any atom is -0.504 e. The fourth-order valence-corrected chi connectivity index (χ4v) is 11.1. The van der Waals surface area contributed by atoms with Crippen molar-refractivity contribution in [2.24, 2.45) is 33.0 Å². The van der Waals surface area contributed by atoms with Crippen LogP contribution in [0.4, 0.5) is 0 Å². The first-order valence-corrected chi connectivity index (χ1v) is 22.0. The molecule has 0 saturated heterocycles. The zero-order valence-corrected chi connectivity index (χ0v) is 39.4. The maximum absolute atomic E-state index is 14.8. The zero-order chi connectivity index (χ0) is 46.1. The van der Waals surface area contributed by atoms with Gasteiger partial charge in [0.15, 0.2) is 5.76 Å². The molecule has 0 aromatic heterocycles. The van der Waals surface area contributed by atoms with E-state index in [-0.39, 0.29) is 39.6 Å². The summed E-state index contributed by atoms with van der Waals surface area (Å²) in [5, 5.41) is 16.1. The number of aliphatic hydroxyl groups excluding tert-OH is 1. The summed E-state index contributed by atoms with van der Waals surface area (Å²) in [4.78, 5) is 81.8. The van der Waals surface area contributed by atoms with Crippen LogP contribution in [0, 0.1) is 33.0 Å². The van der Waals surface area contributed by atoms with E-state index in [2.05, 4.69) is 50.5 Å². The molecule has 12 heteroatoms. The van der Waals surface area contributed by atoms with Crippen LogP contribution < -0.4 is 10.6 Å². The molecule has 0 heterocycles. The third kappa shape index (κ3) is 9.43. The number of ether oxygens (including phenoxy) is 3. The number of ketones is 1. The maximum Gasteiger partial charge on any atom is 0.329 e. The van der Waals surface area contributed by atoms with Crippen LogP contribution >= 0.6 is 0 Å². The molecule has 0 aliphatic heterocycles. The second-order valence-corrected chi connectivity index (χ2v) is 22.8. The van der Waals surface area contributed by atoms with Gasteiger partial charge >= 0.3 is 17.9 Å². The van der Waals surface area contributed by atoms with Crippen LogP contribution in [0.15, 0.2) is 46.3 Å². The molecule has 0 aromatic rings. The molecule has 8 atom stereocenters. The van der Waals surface area contributed by atoms with E-state index in [1.807, 2.05) is 6.92 Å². The van der Waals surface area contributed by atoms with E-state index < -0.39 is 76.4 Å². The maximum atomic E-state index is 14.8. The second kappa shape index (κ2) is 15.8. The Labute approximate surface area is 363 Å². The number of fused-ring (bicyclic) bond motifs is 7. The van der Waals surface area contributed by atoms with Crippen molar-refractivity contribution in [3.8, 4) is 0 Å². The molecule has 338 valence electrons. The van der Waals surface area contributed by atoms with Crippen LogP contribution in [0.2, 0.25) is 0 Å². The Kier molecular flexibility index (Phi) is 12.4. The highest BCUT2D eigenvalue weighted by Gasteiger charge is 2.67. The lowest BCUT2D eigenvalue weighted by molar-refractivity contribution is -0.170. The number of hydrogen-bond acceptors (Lipinski definition) is 10. The van der Waals surface area contributed by atoms with E-state index in [9.17, 15) is 33.9 Å². The fourth-order valence-electron chi connectivity index (χ4n) is 11.1. The summed E-state index contributed by atoms with van der Waals surface area (Å²) in [5.41, 5.74) is -0.805. The molecule has 0 radical (unpaired) electrons. The second-order valence-electron chi connectivity index (χ2n) is 22.8. The molecule has 0 bridgehead atoms. The van der Waals surface area contributed by atoms with E-state index in [1.54, 1.807) is 75.3 Å². The van der Waals surface area contributed by atoms with Crippen molar-refractivity contribution in [3.63, 3.8) is 0 Å². The molecule has 2 unspecified atom stereocenters. The van der Waals surface area contributed by atoms with Gasteiger partial charge in [0.2, 0.25) is 17.6 Å². The number of esters is 3. The molecule has 5 aliphatic carbocycles. The summed E-state index contributed by atoms with van der Waals surface area (Å²) in [5.74, 6) is -3.99. The lowest BCUT2D eigenvalue weighted by Crippen LogP contribution is -2.63. The number of carbonyl (C=O) groups excluding carboxylic acids is 6. The van der Waals surface area contributed by atoms with Gasteiger partial charge < -0.3 is 30.0 Å². The summed E-state index contributed by atoms with van der Waals surface area (Å²) in [6.45, 7) is 28.2. The average Bonchev–Trinajstić information content (AvgIpc) is 3.10. The summed E-state index contributed by atoms with van der Waals surface area (Å²) in [7, 11) is 0. The van der Waals surface area contributed by atoms with Gasteiger partial charge in [0, 0.05) is 16.4 Å². The Balaban J connectivity index is 1.45. The van der Waals surface area contributed by atoms with E-state index in [0.717, 1.165) is 43.3 Å². The summed E-state index contributed by atoms with van der Waals surface area (Å²) in [6, 6.07) is -2.90. The standard InChI is InChI=1S/C49H72N2O10/c1-28-29-16-17-34-47(13,30(29)24-33(52)38(28)55)21-23-49(15)35-27-46(12,19-18-45(35,11)20-22-48(34,49)14)41(58)51-31(25-36(53)59-42(2,3)4)39(56)50-32(40(57)61-44(8,9)10)26-37(54)60-43(5,6)7/h16-17,24,31-32,35,55H,18-23,25-27H2,1-15H3,(H,50,56)(H,51,58)/t31?,32?,35-,45-,46-,47+,48-,49+/m1/s1. The zero-order valence-electron chi connectivity index (χ0n) is 39.4. The highest BCUT2D eigenvalue weighted by Crippen LogP contribution is 2.75. The molecule has 12 nitrogen and oxygen atoms in total. The molecule has 0 aromatic carbocycles. The van der Waals surface area contributed by atoms with Crippen LogP contribution in [0.1, 0.15) is 162 Å². The molecule has 5 aliphatic rings. The van der Waals surface area contributed by atoms with Crippen LogP contribution in [-0.4, -0.2) is 69.5 Å². The molecule has 61 heavy (non-hydrogen) atoms. The van der Waals surface area contributed by atoms with Gasteiger partial charge in [0.1, 0.15) is 28.9 Å². The van der Waals surface area contributed by atoms with Gasteiger partial charge in [-0.25, -0.2) is 4.79 Å². The van der Waals surface area contributed by atoms with Crippen LogP contribution in [0.5, 0.6) is 0 Å². The quantitative estimate of drug-likeness (QED) is 0.151. The van der Waals surface area contributed by atoms with E-state index in [0.29, 0.717) is 18.4 Å². The summed E-state index contributed by atoms with van der Waals surface area (Å²) < 4.78 is 16.6. The predicted molar refractivity (Wildman–Crippen MR) is 232 cm³/mol. The number of aliphatic hydroxyl groups is 1. The Hall–Kier alpha value is -4.22. The van der Waals surface area contributed by atoms with E-state index >= 15 is 0 Å². The van der Waals surface area contributed by atoms with Crippen molar-refractivity contribution in [3.05, 3.63) is 46.3 Å². The third-order valence-electron chi connectivity index (χ3n) is 14.6. The molecule has 2 amide bonds. The highest BCUT2D eigenvalue weighted by atomic mass is 16.6. The fraction of sp³-hybridized carbons (Fsp3) is 0.714. The van der Waals surface area contributed by atoms with Gasteiger partial charge in [0.25, 0.3) is 0 Å². The number of carbonyl (C=O) groups is 6. The van der Waals surface area contributed by atoms with Crippen molar-refractivity contribution in [2.45, 2.75) is 191 Å². The summed E-state index contributed by atoms with van der Waals surface area (Å²) >= 11 is 0. The Morgan fingerprint density at radius 1 is 0.738 bits per heavy atom. The average molecular weight is 849 g/mol. The molecule has 0 spiro atoms. The van der Waals surface area contributed by atoms with Gasteiger partial charge in [-0.15, -0.1) is 0 Å². The number of rotatable bonds is 9.